The Kier molecular flexibility index (Phi) is 6.64. The van der Waals surface area contributed by atoms with Crippen LogP contribution in [0.2, 0.25) is 0 Å². The molecule has 0 unspecified atom stereocenters. The Morgan fingerprint density at radius 1 is 0.889 bits per heavy atom. The Labute approximate surface area is 216 Å². The number of hydrogen-bond donors (Lipinski definition) is 0. The molecule has 0 bridgehead atoms. The summed E-state index contributed by atoms with van der Waals surface area (Å²) in [5.41, 5.74) is 0. The van der Waals surface area contributed by atoms with Crippen molar-refractivity contribution in [1.29, 1.82) is 0 Å². The van der Waals surface area contributed by atoms with Gasteiger partial charge in [0.25, 0.3) is 0 Å². The van der Waals surface area contributed by atoms with Crippen molar-refractivity contribution < 1.29 is 8.42 Å². The van der Waals surface area contributed by atoms with Crippen LogP contribution >= 0.6 is 11.5 Å². The van der Waals surface area contributed by atoms with Crippen LogP contribution in [0, 0.1) is 0 Å². The van der Waals surface area contributed by atoms with Gasteiger partial charge < -0.3 is 4.90 Å². The maximum atomic E-state index is 13.8. The highest BCUT2D eigenvalue weighted by Gasteiger charge is 2.35. The van der Waals surface area contributed by atoms with Crippen molar-refractivity contribution in [2.24, 2.45) is 0 Å². The van der Waals surface area contributed by atoms with Crippen LogP contribution in [-0.2, 0) is 10.0 Å². The lowest BCUT2D eigenvalue weighted by Gasteiger charge is -2.38. The van der Waals surface area contributed by atoms with Gasteiger partial charge in [-0.1, -0.05) is 42.8 Å². The zero-order chi connectivity index (χ0) is 24.5. The van der Waals surface area contributed by atoms with Crippen molar-refractivity contribution in [2.75, 3.05) is 44.2 Å². The number of rotatable bonds is 6. The molecule has 2 saturated heterocycles. The Balaban J connectivity index is 1.12. The van der Waals surface area contributed by atoms with E-state index < -0.39 is 10.0 Å². The molecule has 0 N–H and O–H groups in total. The third-order valence-corrected chi connectivity index (χ3v) is 10.4. The van der Waals surface area contributed by atoms with E-state index in [0.717, 1.165) is 75.0 Å². The number of anilines is 1. The van der Waals surface area contributed by atoms with E-state index in [0.29, 0.717) is 11.4 Å². The van der Waals surface area contributed by atoms with Crippen molar-refractivity contribution in [3.63, 3.8) is 0 Å². The Morgan fingerprint density at radius 3 is 2.53 bits per heavy atom. The highest BCUT2D eigenvalue weighted by molar-refractivity contribution is 7.89. The van der Waals surface area contributed by atoms with Gasteiger partial charge in [-0.15, -0.1) is 0 Å². The van der Waals surface area contributed by atoms with Gasteiger partial charge in [0.2, 0.25) is 10.0 Å². The molecule has 1 atom stereocenters. The van der Waals surface area contributed by atoms with Gasteiger partial charge >= 0.3 is 0 Å². The number of piperidine rings is 1. The maximum absolute atomic E-state index is 13.8. The molecule has 36 heavy (non-hydrogen) atoms. The molecule has 0 spiro atoms. The molecular formula is C27H31N5O2S2. The van der Waals surface area contributed by atoms with E-state index in [1.54, 1.807) is 22.0 Å². The molecule has 2 aliphatic heterocycles. The average Bonchev–Trinajstić information content (AvgIpc) is 3.36. The lowest BCUT2D eigenvalue weighted by Crippen LogP contribution is -2.49. The van der Waals surface area contributed by atoms with Crippen LogP contribution < -0.4 is 4.90 Å². The number of sulfonamides is 1. The highest BCUT2D eigenvalue weighted by Crippen LogP contribution is 2.32. The molecule has 2 fully saturated rings. The normalized spacial score (nSPS) is 20.3. The monoisotopic (exact) mass is 521 g/mol. The predicted molar refractivity (Wildman–Crippen MR) is 146 cm³/mol. The van der Waals surface area contributed by atoms with Gasteiger partial charge in [-0.05, 0) is 49.5 Å². The van der Waals surface area contributed by atoms with E-state index in [1.165, 1.54) is 16.3 Å². The minimum absolute atomic E-state index is 0.0308. The summed E-state index contributed by atoms with van der Waals surface area (Å²) in [5, 5.41) is 2.85. The Morgan fingerprint density at radius 2 is 1.67 bits per heavy atom. The van der Waals surface area contributed by atoms with Crippen LogP contribution in [-0.4, -0.2) is 72.3 Å². The van der Waals surface area contributed by atoms with Crippen molar-refractivity contribution in [3.8, 4) is 0 Å². The molecule has 4 heterocycles. The fraction of sp³-hybridized carbons (Fsp3) is 0.407. The van der Waals surface area contributed by atoms with Gasteiger partial charge in [0.15, 0.2) is 0 Å². The third kappa shape index (κ3) is 4.49. The molecule has 0 amide bonds. The van der Waals surface area contributed by atoms with Crippen molar-refractivity contribution in [1.82, 2.24) is 18.6 Å². The van der Waals surface area contributed by atoms with Crippen molar-refractivity contribution >= 4 is 48.2 Å². The Hall–Kier alpha value is -2.59. The van der Waals surface area contributed by atoms with E-state index in [2.05, 4.69) is 39.0 Å². The molecule has 188 valence electrons. The maximum Gasteiger partial charge on any atom is 0.245 e. The molecule has 0 saturated carbocycles. The zero-order valence-corrected chi connectivity index (χ0v) is 21.9. The summed E-state index contributed by atoms with van der Waals surface area (Å²) in [6, 6.07) is 16.1. The largest absolute Gasteiger partial charge is 0.353 e. The smallest absolute Gasteiger partial charge is 0.245 e. The van der Waals surface area contributed by atoms with E-state index in [9.17, 15) is 8.42 Å². The van der Waals surface area contributed by atoms with Crippen LogP contribution in [0.4, 0.5) is 5.82 Å². The van der Waals surface area contributed by atoms with Crippen LogP contribution in [0.25, 0.3) is 20.9 Å². The number of aromatic nitrogens is 2. The van der Waals surface area contributed by atoms with Crippen molar-refractivity contribution in [3.05, 3.63) is 60.9 Å². The number of pyridine rings is 1. The van der Waals surface area contributed by atoms with Crippen LogP contribution in [0.15, 0.2) is 65.8 Å². The summed E-state index contributed by atoms with van der Waals surface area (Å²) >= 11 is 1.57. The summed E-state index contributed by atoms with van der Waals surface area (Å²) in [4.78, 5) is 9.44. The van der Waals surface area contributed by atoms with Gasteiger partial charge in [0, 0.05) is 67.3 Å². The molecule has 6 rings (SSSR count). The SMILES string of the molecule is O=S(=O)(c1cncc2ccccc12)N1CCCC[C@H]1CCN1CCN(c2nsc3ccccc23)CC1. The molecule has 2 aromatic carbocycles. The van der Waals surface area contributed by atoms with Crippen LogP contribution in [0.5, 0.6) is 0 Å². The number of hydrogen-bond acceptors (Lipinski definition) is 7. The summed E-state index contributed by atoms with van der Waals surface area (Å²) in [6.07, 6.45) is 7.02. The first-order valence-electron chi connectivity index (χ1n) is 12.8. The first-order valence-corrected chi connectivity index (χ1v) is 15.0. The quantitative estimate of drug-likeness (QED) is 0.369. The van der Waals surface area contributed by atoms with Crippen LogP contribution in [0.3, 0.4) is 0 Å². The van der Waals surface area contributed by atoms with Crippen LogP contribution in [0.1, 0.15) is 25.7 Å². The second kappa shape index (κ2) is 10.0. The first kappa shape index (κ1) is 23.8. The molecular weight excluding hydrogens is 490 g/mol. The fourth-order valence-electron chi connectivity index (χ4n) is 5.62. The summed E-state index contributed by atoms with van der Waals surface area (Å²) < 4.78 is 35.3. The number of benzene rings is 2. The first-order chi connectivity index (χ1) is 17.6. The number of nitrogens with zero attached hydrogens (tertiary/aromatic N) is 5. The fourth-order valence-corrected chi connectivity index (χ4v) is 8.29. The standard InChI is InChI=1S/C27H31N5O2S2/c33-36(34,26-20-28-19-21-7-1-2-9-23(21)26)32-13-6-5-8-22(32)12-14-30-15-17-31(18-16-30)27-24-10-3-4-11-25(24)35-29-27/h1-4,7,9-11,19-20,22H,5-6,8,12-18H2/t22-/m0/s1. The summed E-state index contributed by atoms with van der Waals surface area (Å²) in [5.74, 6) is 1.10. The molecule has 2 aromatic heterocycles. The second-order valence-electron chi connectivity index (χ2n) is 9.74. The minimum Gasteiger partial charge on any atom is -0.353 e. The molecule has 2 aliphatic rings. The molecule has 4 aromatic rings. The average molecular weight is 522 g/mol. The Bertz CT molecular complexity index is 1460. The molecule has 0 radical (unpaired) electrons. The number of fused-ring (bicyclic) bond motifs is 2. The van der Waals surface area contributed by atoms with Gasteiger partial charge in [0.05, 0.1) is 4.70 Å². The second-order valence-corrected chi connectivity index (χ2v) is 12.4. The van der Waals surface area contributed by atoms with E-state index in [-0.39, 0.29) is 6.04 Å². The zero-order valence-electron chi connectivity index (χ0n) is 20.3. The van der Waals surface area contributed by atoms with Gasteiger partial charge in [-0.25, -0.2) is 8.42 Å². The van der Waals surface area contributed by atoms with E-state index >= 15 is 0 Å². The van der Waals surface area contributed by atoms with Gasteiger partial charge in [-0.3, -0.25) is 9.88 Å². The molecule has 7 nitrogen and oxygen atoms in total. The minimum atomic E-state index is -3.61. The third-order valence-electron chi connectivity index (χ3n) is 7.60. The lowest BCUT2D eigenvalue weighted by molar-refractivity contribution is 0.193. The topological polar surface area (TPSA) is 69.6 Å². The summed E-state index contributed by atoms with van der Waals surface area (Å²) in [7, 11) is -3.61. The lowest BCUT2D eigenvalue weighted by atomic mass is 10.0. The highest BCUT2D eigenvalue weighted by atomic mass is 32.2. The van der Waals surface area contributed by atoms with Gasteiger partial charge in [0.1, 0.15) is 10.7 Å². The van der Waals surface area contributed by atoms with E-state index in [4.69, 9.17) is 4.37 Å². The predicted octanol–water partition coefficient (Wildman–Crippen LogP) is 4.60. The summed E-state index contributed by atoms with van der Waals surface area (Å²) in [6.45, 7) is 5.33. The van der Waals surface area contributed by atoms with Gasteiger partial charge in [-0.2, -0.15) is 8.68 Å². The molecule has 9 heteroatoms. The van der Waals surface area contributed by atoms with E-state index in [1.807, 2.05) is 24.3 Å². The molecule has 0 aliphatic carbocycles. The number of piperazine rings is 1. The van der Waals surface area contributed by atoms with Crippen molar-refractivity contribution in [2.45, 2.75) is 36.6 Å².